The molecule has 1 saturated heterocycles. The minimum absolute atomic E-state index is 0.217. The zero-order chi connectivity index (χ0) is 20.9. The summed E-state index contributed by atoms with van der Waals surface area (Å²) in [7, 11) is -3.88. The van der Waals surface area contributed by atoms with Gasteiger partial charge in [0.15, 0.2) is 0 Å². The number of aromatic nitrogens is 1. The number of hydrogen-bond acceptors (Lipinski definition) is 4. The van der Waals surface area contributed by atoms with E-state index in [1.54, 1.807) is 4.90 Å². The number of hydrogen-bond donors (Lipinski definition) is 0. The molecule has 0 radical (unpaired) electrons. The van der Waals surface area contributed by atoms with Gasteiger partial charge in [-0.15, -0.1) is 0 Å². The number of likely N-dealkylation sites (N-methyl/N-ethyl adjacent to an activating group) is 1. The van der Waals surface area contributed by atoms with Crippen molar-refractivity contribution in [1.82, 2.24) is 8.87 Å². The number of nitrogens with zero attached hydrogens (tertiary/aromatic N) is 3. The second-order valence-electron chi connectivity index (χ2n) is 7.10. The number of anilines is 1. The van der Waals surface area contributed by atoms with Crippen molar-refractivity contribution in [1.29, 1.82) is 0 Å². The molecule has 0 N–H and O–H groups in total. The molecule has 3 rings (SSSR count). The monoisotopic (exact) mass is 417 g/mol. The Morgan fingerprint density at radius 1 is 1.00 bits per heavy atom. The molecule has 0 atom stereocenters. The van der Waals surface area contributed by atoms with Gasteiger partial charge >= 0.3 is 0 Å². The quantitative estimate of drug-likeness (QED) is 0.723. The molecule has 0 spiro atoms. The third kappa shape index (κ3) is 4.76. The van der Waals surface area contributed by atoms with Crippen molar-refractivity contribution in [2.45, 2.75) is 44.0 Å². The second-order valence-corrected chi connectivity index (χ2v) is 9.00. The molecule has 1 aromatic carbocycles. The molecule has 0 unspecified atom stereocenters. The minimum Gasteiger partial charge on any atom is -0.311 e. The lowest BCUT2D eigenvalue weighted by molar-refractivity contribution is -0.119. The first kappa shape index (κ1) is 21.3. The van der Waals surface area contributed by atoms with Crippen molar-refractivity contribution in [3.63, 3.8) is 0 Å². The van der Waals surface area contributed by atoms with Gasteiger partial charge in [0.05, 0.1) is 0 Å². The number of para-hydroxylation sites is 1. The zero-order valence-corrected chi connectivity index (χ0v) is 17.5. The van der Waals surface area contributed by atoms with E-state index < -0.39 is 15.6 Å². The molecule has 0 saturated carbocycles. The average molecular weight is 418 g/mol. The molecule has 2 heterocycles. The van der Waals surface area contributed by atoms with Crippen LogP contribution in [0.25, 0.3) is 0 Å². The largest absolute Gasteiger partial charge is 0.311 e. The van der Waals surface area contributed by atoms with Crippen LogP contribution in [-0.4, -0.2) is 42.8 Å². The van der Waals surface area contributed by atoms with Crippen LogP contribution in [0.4, 0.5) is 5.69 Å². The standard InChI is InChI=1S/C21H27N3O4S/c1-2-24(18-11-6-5-7-12-18)20(25)17-22-14-10-13-19(21(22)26)29(27,28)23-15-8-3-4-9-16-23/h5-7,10-14H,2-4,8-9,15-17H2,1H3. The summed E-state index contributed by atoms with van der Waals surface area (Å²) in [5.41, 5.74) is 0.0793. The summed E-state index contributed by atoms with van der Waals surface area (Å²) in [6, 6.07) is 12.0. The molecular weight excluding hydrogens is 390 g/mol. The Hall–Kier alpha value is -2.45. The molecule has 1 aliphatic rings. The number of carbonyl (C=O) groups excluding carboxylic acids is 1. The maximum Gasteiger partial charge on any atom is 0.271 e. The smallest absolute Gasteiger partial charge is 0.271 e. The van der Waals surface area contributed by atoms with E-state index in [2.05, 4.69) is 0 Å². The van der Waals surface area contributed by atoms with E-state index in [9.17, 15) is 18.0 Å². The summed E-state index contributed by atoms with van der Waals surface area (Å²) in [6.07, 6.45) is 5.03. The molecule has 1 fully saturated rings. The Bertz CT molecular complexity index is 994. The number of amides is 1. The Kier molecular flexibility index (Phi) is 6.87. The number of carbonyl (C=O) groups is 1. The summed E-state index contributed by atoms with van der Waals surface area (Å²) in [4.78, 5) is 27.0. The summed E-state index contributed by atoms with van der Waals surface area (Å²) >= 11 is 0. The Labute approximate surface area is 171 Å². The van der Waals surface area contributed by atoms with Gasteiger partial charge in [0, 0.05) is 31.5 Å². The highest BCUT2D eigenvalue weighted by molar-refractivity contribution is 7.89. The van der Waals surface area contributed by atoms with Gasteiger partial charge in [-0.1, -0.05) is 31.0 Å². The lowest BCUT2D eigenvalue weighted by Crippen LogP contribution is -2.39. The molecule has 1 aliphatic heterocycles. The first-order valence-corrected chi connectivity index (χ1v) is 11.4. The van der Waals surface area contributed by atoms with E-state index in [4.69, 9.17) is 0 Å². The number of pyridine rings is 1. The maximum atomic E-state index is 13.0. The average Bonchev–Trinajstić information content (AvgIpc) is 3.01. The molecule has 7 nitrogen and oxygen atoms in total. The van der Waals surface area contributed by atoms with E-state index in [1.165, 1.54) is 27.2 Å². The van der Waals surface area contributed by atoms with Crippen LogP contribution in [0.2, 0.25) is 0 Å². The third-order valence-corrected chi connectivity index (χ3v) is 7.07. The molecule has 1 aromatic heterocycles. The fourth-order valence-corrected chi connectivity index (χ4v) is 5.20. The van der Waals surface area contributed by atoms with Gasteiger partial charge in [0.2, 0.25) is 15.9 Å². The highest BCUT2D eigenvalue weighted by Crippen LogP contribution is 2.18. The van der Waals surface area contributed by atoms with Crippen molar-refractivity contribution in [2.24, 2.45) is 0 Å². The Morgan fingerprint density at radius 2 is 1.66 bits per heavy atom. The van der Waals surface area contributed by atoms with Crippen LogP contribution in [0.1, 0.15) is 32.6 Å². The van der Waals surface area contributed by atoms with Gasteiger partial charge in [0.25, 0.3) is 5.56 Å². The SMILES string of the molecule is CCN(C(=O)Cn1cccc(S(=O)(=O)N2CCCCCC2)c1=O)c1ccccc1. The van der Waals surface area contributed by atoms with Gasteiger partial charge in [-0.3, -0.25) is 9.59 Å². The van der Waals surface area contributed by atoms with Crippen molar-refractivity contribution < 1.29 is 13.2 Å². The number of benzene rings is 1. The van der Waals surface area contributed by atoms with E-state index in [0.717, 1.165) is 31.4 Å². The van der Waals surface area contributed by atoms with Crippen molar-refractivity contribution in [3.05, 3.63) is 59.0 Å². The van der Waals surface area contributed by atoms with Crippen molar-refractivity contribution in [3.8, 4) is 0 Å². The van der Waals surface area contributed by atoms with Crippen LogP contribution in [-0.2, 0) is 21.4 Å². The molecule has 156 valence electrons. The highest BCUT2D eigenvalue weighted by Gasteiger charge is 2.28. The molecule has 0 aliphatic carbocycles. The van der Waals surface area contributed by atoms with Crippen LogP contribution in [0.5, 0.6) is 0 Å². The van der Waals surface area contributed by atoms with Gasteiger partial charge < -0.3 is 9.47 Å². The van der Waals surface area contributed by atoms with Crippen LogP contribution in [0.15, 0.2) is 58.4 Å². The Morgan fingerprint density at radius 3 is 2.28 bits per heavy atom. The molecule has 1 amide bonds. The summed E-state index contributed by atoms with van der Waals surface area (Å²) in [5, 5.41) is 0. The van der Waals surface area contributed by atoms with E-state index in [-0.39, 0.29) is 17.3 Å². The van der Waals surface area contributed by atoms with E-state index in [0.29, 0.717) is 19.6 Å². The molecule has 0 bridgehead atoms. The van der Waals surface area contributed by atoms with Gasteiger partial charge in [-0.25, -0.2) is 8.42 Å². The van der Waals surface area contributed by atoms with E-state index >= 15 is 0 Å². The number of rotatable bonds is 6. The summed E-state index contributed by atoms with van der Waals surface area (Å²) in [6.45, 7) is 2.93. The molecule has 29 heavy (non-hydrogen) atoms. The first-order valence-electron chi connectivity index (χ1n) is 10.00. The zero-order valence-electron chi connectivity index (χ0n) is 16.7. The predicted octanol–water partition coefficient (Wildman–Crippen LogP) is 2.47. The number of sulfonamides is 1. The van der Waals surface area contributed by atoms with Crippen LogP contribution in [0.3, 0.4) is 0 Å². The molecular formula is C21H27N3O4S. The molecule has 2 aromatic rings. The Balaban J connectivity index is 1.87. The normalized spacial score (nSPS) is 15.6. The first-order chi connectivity index (χ1) is 13.9. The summed E-state index contributed by atoms with van der Waals surface area (Å²) in [5.74, 6) is -0.273. The topological polar surface area (TPSA) is 79.7 Å². The van der Waals surface area contributed by atoms with Gasteiger partial charge in [-0.2, -0.15) is 4.31 Å². The third-order valence-electron chi connectivity index (χ3n) is 5.16. The summed E-state index contributed by atoms with van der Waals surface area (Å²) < 4.78 is 28.6. The van der Waals surface area contributed by atoms with Crippen LogP contribution >= 0.6 is 0 Å². The van der Waals surface area contributed by atoms with Crippen LogP contribution in [0, 0.1) is 0 Å². The lowest BCUT2D eigenvalue weighted by atomic mass is 10.2. The highest BCUT2D eigenvalue weighted by atomic mass is 32.2. The van der Waals surface area contributed by atoms with Gasteiger partial charge in [0.1, 0.15) is 11.4 Å². The van der Waals surface area contributed by atoms with Gasteiger partial charge in [-0.05, 0) is 44.0 Å². The molecule has 8 heteroatoms. The maximum absolute atomic E-state index is 13.0. The fourth-order valence-electron chi connectivity index (χ4n) is 3.60. The fraction of sp³-hybridized carbons (Fsp3) is 0.429. The lowest BCUT2D eigenvalue weighted by Gasteiger charge is -2.22. The van der Waals surface area contributed by atoms with Crippen molar-refractivity contribution in [2.75, 3.05) is 24.5 Å². The second kappa shape index (κ2) is 9.37. The van der Waals surface area contributed by atoms with E-state index in [1.807, 2.05) is 37.3 Å². The predicted molar refractivity (Wildman–Crippen MR) is 112 cm³/mol. The van der Waals surface area contributed by atoms with Crippen molar-refractivity contribution >= 4 is 21.6 Å². The van der Waals surface area contributed by atoms with Crippen LogP contribution < -0.4 is 10.5 Å². The minimum atomic E-state index is -3.88.